The Kier molecular flexibility index (Phi) is 9.25. The molecule has 0 fully saturated rings. The molecule has 1 amide bonds. The van der Waals surface area contributed by atoms with Crippen molar-refractivity contribution in [1.82, 2.24) is 0 Å². The standard InChI is InChI=1S/C9H11F4NOS.O2/c1-2-3-4-8(10,7(14)15)16-6-5-9(11,12)13;1-2/h1H,3-6H2,(H2,14,15);. The van der Waals surface area contributed by atoms with Crippen molar-refractivity contribution >= 4 is 17.7 Å². The van der Waals surface area contributed by atoms with Crippen LogP contribution in [0.5, 0.6) is 0 Å². The maximum absolute atomic E-state index is 13.7. The summed E-state index contributed by atoms with van der Waals surface area (Å²) in [6, 6.07) is 0. The molecule has 0 aromatic heterocycles. The van der Waals surface area contributed by atoms with E-state index < -0.39 is 29.3 Å². The van der Waals surface area contributed by atoms with Gasteiger partial charge >= 0.3 is 6.18 Å². The molecule has 0 saturated heterocycles. The number of primary amides is 1. The van der Waals surface area contributed by atoms with E-state index in [2.05, 4.69) is 5.92 Å². The molecule has 18 heavy (non-hydrogen) atoms. The second-order valence-corrected chi connectivity index (χ2v) is 4.35. The second-order valence-electron chi connectivity index (χ2n) is 3.01. The quantitative estimate of drug-likeness (QED) is 0.601. The van der Waals surface area contributed by atoms with Gasteiger partial charge in [0, 0.05) is 28.5 Å². The Labute approximate surface area is 105 Å². The van der Waals surface area contributed by atoms with Gasteiger partial charge in [-0.2, -0.15) is 13.2 Å². The summed E-state index contributed by atoms with van der Waals surface area (Å²) in [4.78, 5) is 24.8. The van der Waals surface area contributed by atoms with Crippen LogP contribution in [0.2, 0.25) is 0 Å². The van der Waals surface area contributed by atoms with Crippen molar-refractivity contribution in [1.29, 1.82) is 0 Å². The van der Waals surface area contributed by atoms with E-state index in [1.807, 2.05) is 0 Å². The Bertz CT molecular complexity index is 305. The monoisotopic (exact) mass is 289 g/mol. The van der Waals surface area contributed by atoms with Crippen LogP contribution in [-0.2, 0) is 4.79 Å². The Morgan fingerprint density at radius 2 is 1.72 bits per heavy atom. The predicted octanol–water partition coefficient (Wildman–Crippen LogP) is 2.30. The molecule has 0 aliphatic rings. The number of hydrogen-bond acceptors (Lipinski definition) is 4. The molecule has 0 aromatic rings. The third-order valence-corrected chi connectivity index (χ3v) is 2.95. The van der Waals surface area contributed by atoms with Crippen molar-refractivity contribution in [2.75, 3.05) is 5.75 Å². The van der Waals surface area contributed by atoms with E-state index in [9.17, 15) is 22.4 Å². The van der Waals surface area contributed by atoms with Gasteiger partial charge in [0.15, 0.2) is 0 Å². The smallest absolute Gasteiger partial charge is 0.366 e. The summed E-state index contributed by atoms with van der Waals surface area (Å²) in [6.45, 7) is 0. The SMILES string of the molecule is C#CCCC(F)(SCCC(F)(F)F)C(N)=O.O=O. The normalized spacial score (nSPS) is 13.7. The molecule has 0 saturated carbocycles. The molecule has 1 atom stereocenters. The minimum absolute atomic E-state index is 0.0571. The topological polar surface area (TPSA) is 77.2 Å². The van der Waals surface area contributed by atoms with Crippen LogP contribution in [0, 0.1) is 22.3 Å². The average Bonchev–Trinajstić information content (AvgIpc) is 2.27. The molecule has 4 nitrogen and oxygen atoms in total. The van der Waals surface area contributed by atoms with Gasteiger partial charge in [-0.05, 0) is 0 Å². The first-order chi connectivity index (χ1) is 8.21. The van der Waals surface area contributed by atoms with Crippen molar-refractivity contribution in [3.63, 3.8) is 0 Å². The fourth-order valence-corrected chi connectivity index (χ4v) is 1.87. The molecule has 0 bridgehead atoms. The van der Waals surface area contributed by atoms with Gasteiger partial charge in [0.1, 0.15) is 0 Å². The molecule has 0 aromatic carbocycles. The lowest BCUT2D eigenvalue weighted by Gasteiger charge is -2.20. The van der Waals surface area contributed by atoms with E-state index >= 15 is 0 Å². The van der Waals surface area contributed by atoms with Crippen molar-refractivity contribution in [3.05, 3.63) is 9.93 Å². The van der Waals surface area contributed by atoms with E-state index in [1.165, 1.54) is 0 Å². The van der Waals surface area contributed by atoms with Crippen molar-refractivity contribution < 1.29 is 22.4 Å². The molecule has 0 aliphatic heterocycles. The third kappa shape index (κ3) is 8.81. The van der Waals surface area contributed by atoms with Gasteiger partial charge in [0.25, 0.3) is 5.91 Å². The van der Waals surface area contributed by atoms with Gasteiger partial charge in [-0.1, -0.05) is 0 Å². The molecule has 1 unspecified atom stereocenters. The van der Waals surface area contributed by atoms with Crippen LogP contribution in [0.25, 0.3) is 0 Å². The predicted molar refractivity (Wildman–Crippen MR) is 61.0 cm³/mol. The maximum Gasteiger partial charge on any atom is 0.389 e. The van der Waals surface area contributed by atoms with E-state index in [0.717, 1.165) is 0 Å². The first-order valence-corrected chi connectivity index (χ1v) is 5.49. The number of amides is 1. The molecule has 104 valence electrons. The van der Waals surface area contributed by atoms with Crippen LogP contribution in [0.1, 0.15) is 19.3 Å². The summed E-state index contributed by atoms with van der Waals surface area (Å²) >= 11 is 0.242. The van der Waals surface area contributed by atoms with Gasteiger partial charge < -0.3 is 5.73 Å². The summed E-state index contributed by atoms with van der Waals surface area (Å²) < 4.78 is 49.1. The highest BCUT2D eigenvalue weighted by molar-refractivity contribution is 8.01. The lowest BCUT2D eigenvalue weighted by atomic mass is 10.2. The molecular weight excluding hydrogens is 278 g/mol. The summed E-state index contributed by atoms with van der Waals surface area (Å²) in [5.74, 6) is 0.243. The van der Waals surface area contributed by atoms with Gasteiger partial charge in [-0.15, -0.1) is 24.1 Å². The summed E-state index contributed by atoms with van der Waals surface area (Å²) in [5.41, 5.74) is 4.78. The molecule has 0 heterocycles. The molecule has 0 aliphatic carbocycles. The number of halogens is 4. The molecule has 9 heteroatoms. The largest absolute Gasteiger partial charge is 0.389 e. The minimum Gasteiger partial charge on any atom is -0.366 e. The van der Waals surface area contributed by atoms with Gasteiger partial charge in [0.2, 0.25) is 5.00 Å². The third-order valence-electron chi connectivity index (χ3n) is 1.68. The number of carbonyl (C=O) groups is 1. The summed E-state index contributed by atoms with van der Waals surface area (Å²) in [7, 11) is 0. The van der Waals surface area contributed by atoms with Crippen LogP contribution in [0.4, 0.5) is 17.6 Å². The fourth-order valence-electron chi connectivity index (χ4n) is 0.828. The number of hydrogen-bond donors (Lipinski definition) is 1. The van der Waals surface area contributed by atoms with Gasteiger partial charge in [-0.25, -0.2) is 4.39 Å². The zero-order valence-electron chi connectivity index (χ0n) is 9.13. The number of rotatable bonds is 6. The average molecular weight is 289 g/mol. The van der Waals surface area contributed by atoms with Crippen LogP contribution in [0.15, 0.2) is 0 Å². The number of carbonyl (C=O) groups excluding carboxylic acids is 1. The van der Waals surface area contributed by atoms with E-state index in [4.69, 9.17) is 22.1 Å². The second kappa shape index (κ2) is 8.74. The number of nitrogens with two attached hydrogens (primary N) is 1. The Balaban J connectivity index is 0. The van der Waals surface area contributed by atoms with Gasteiger partial charge in [-0.3, -0.25) is 4.79 Å². The maximum atomic E-state index is 13.7. The minimum atomic E-state index is -4.38. The van der Waals surface area contributed by atoms with Crippen molar-refractivity contribution in [3.8, 4) is 12.3 Å². The Morgan fingerprint density at radius 1 is 1.22 bits per heavy atom. The lowest BCUT2D eigenvalue weighted by molar-refractivity contribution is -0.130. The highest BCUT2D eigenvalue weighted by atomic mass is 32.2. The number of terminal acetylenes is 1. The number of alkyl halides is 4. The van der Waals surface area contributed by atoms with Crippen molar-refractivity contribution in [2.24, 2.45) is 5.73 Å². The van der Waals surface area contributed by atoms with Crippen LogP contribution >= 0.6 is 11.8 Å². The molecule has 0 spiro atoms. The number of thioether (sulfide) groups is 1. The highest BCUT2D eigenvalue weighted by Gasteiger charge is 2.38. The molecular formula is C9H11F4NO3S. The Morgan fingerprint density at radius 3 is 2.06 bits per heavy atom. The van der Waals surface area contributed by atoms with E-state index in [1.54, 1.807) is 0 Å². The van der Waals surface area contributed by atoms with E-state index in [0.29, 0.717) is 0 Å². The van der Waals surface area contributed by atoms with E-state index in [-0.39, 0.29) is 24.6 Å². The summed E-state index contributed by atoms with van der Waals surface area (Å²) in [5, 5.41) is -2.52. The zero-order valence-corrected chi connectivity index (χ0v) is 9.94. The van der Waals surface area contributed by atoms with Crippen LogP contribution in [0.3, 0.4) is 0 Å². The lowest BCUT2D eigenvalue weighted by Crippen LogP contribution is -2.37. The molecule has 0 radical (unpaired) electrons. The van der Waals surface area contributed by atoms with Crippen LogP contribution < -0.4 is 5.73 Å². The van der Waals surface area contributed by atoms with Crippen molar-refractivity contribution in [2.45, 2.75) is 30.4 Å². The fraction of sp³-hybridized carbons (Fsp3) is 0.667. The van der Waals surface area contributed by atoms with Gasteiger partial charge in [0.05, 0.1) is 6.42 Å². The zero-order chi connectivity index (χ0) is 14.8. The Hall–Kier alpha value is -1.30. The first-order valence-electron chi connectivity index (χ1n) is 4.51. The molecule has 0 rings (SSSR count). The first kappa shape index (κ1) is 19.0. The molecule has 2 N–H and O–H groups in total. The highest BCUT2D eigenvalue weighted by Crippen LogP contribution is 2.34. The van der Waals surface area contributed by atoms with Crippen LogP contribution in [-0.4, -0.2) is 22.8 Å². The summed E-state index contributed by atoms with van der Waals surface area (Å²) in [6.07, 6.45) is -1.11.